The second-order valence-electron chi connectivity index (χ2n) is 11.8. The van der Waals surface area contributed by atoms with Gasteiger partial charge in [-0.15, -0.1) is 12.3 Å². The Bertz CT molecular complexity index is 1470. The van der Waals surface area contributed by atoms with Crippen LogP contribution in [0, 0.1) is 46.9 Å². The van der Waals surface area contributed by atoms with Crippen LogP contribution in [0.2, 0.25) is 0 Å². The summed E-state index contributed by atoms with van der Waals surface area (Å²) in [6.45, 7) is 7.99. The Kier molecular flexibility index (Phi) is 6.82. The molecule has 39 heavy (non-hydrogen) atoms. The van der Waals surface area contributed by atoms with Crippen LogP contribution >= 0.6 is 0 Å². The van der Waals surface area contributed by atoms with E-state index in [1.807, 2.05) is 0 Å². The second kappa shape index (κ2) is 9.43. The van der Waals surface area contributed by atoms with Crippen molar-refractivity contribution < 1.29 is 34.8 Å². The number of rotatable bonds is 4. The molecule has 1 saturated carbocycles. The zero-order chi connectivity index (χ0) is 29.1. The summed E-state index contributed by atoms with van der Waals surface area (Å²) < 4.78 is 0. The number of ketones is 3. The molecule has 0 saturated heterocycles. The third kappa shape index (κ3) is 3.83. The van der Waals surface area contributed by atoms with Crippen LogP contribution in [0.5, 0.6) is 5.75 Å². The molecule has 4 atom stereocenters. The first-order valence-corrected chi connectivity index (χ1v) is 13.1. The number of benzene rings is 1. The fraction of sp³-hybridized carbons (Fsp3) is 0.469. The lowest BCUT2D eigenvalue weighted by molar-refractivity contribution is -0.178. The lowest BCUT2D eigenvalue weighted by atomic mass is 9.43. The SMILES string of the molecule is C#CCCCC#Cc1ccc(O)c2c1C[C@]1(C)C[C@]3(C)C(C(C)C)C(=O)C(C(C)=O)=C(O)[C@]3(O)C(=O)C1=C2O. The molecule has 0 amide bonds. The van der Waals surface area contributed by atoms with Crippen molar-refractivity contribution in [3.8, 4) is 29.9 Å². The van der Waals surface area contributed by atoms with E-state index in [1.165, 1.54) is 6.07 Å². The predicted octanol–water partition coefficient (Wildman–Crippen LogP) is 4.34. The molecular formula is C32H34O7. The van der Waals surface area contributed by atoms with Crippen molar-refractivity contribution in [3.05, 3.63) is 45.7 Å². The van der Waals surface area contributed by atoms with Gasteiger partial charge in [0.25, 0.3) is 0 Å². The molecule has 3 aliphatic carbocycles. The maximum Gasteiger partial charge on any atom is 0.203 e. The Morgan fingerprint density at radius 3 is 2.41 bits per heavy atom. The highest BCUT2D eigenvalue weighted by Crippen LogP contribution is 2.65. The Hall–Kier alpha value is -3.81. The number of Topliss-reactive ketones (excluding diaryl/α,β-unsaturated/α-hetero) is 3. The van der Waals surface area contributed by atoms with Crippen LogP contribution in [0.25, 0.3) is 5.76 Å². The summed E-state index contributed by atoms with van der Waals surface area (Å²) in [4.78, 5) is 40.3. The minimum atomic E-state index is -2.62. The molecule has 1 aromatic carbocycles. The van der Waals surface area contributed by atoms with Crippen molar-refractivity contribution in [2.75, 3.05) is 0 Å². The molecule has 0 bridgehead atoms. The number of terminal acetylenes is 1. The number of unbranched alkanes of at least 4 members (excludes halogenated alkanes) is 2. The smallest absolute Gasteiger partial charge is 0.203 e. The molecule has 1 unspecified atom stereocenters. The lowest BCUT2D eigenvalue weighted by Gasteiger charge is -2.59. The van der Waals surface area contributed by atoms with E-state index in [0.29, 0.717) is 24.0 Å². The summed E-state index contributed by atoms with van der Waals surface area (Å²) in [6, 6.07) is 3.04. The van der Waals surface area contributed by atoms with Crippen molar-refractivity contribution in [2.45, 2.75) is 72.3 Å². The first-order chi connectivity index (χ1) is 18.2. The molecule has 7 heteroatoms. The number of fused-ring (bicyclic) bond motifs is 3. The number of phenolic OH excluding ortho intramolecular Hbond substituents is 1. The predicted molar refractivity (Wildman–Crippen MR) is 145 cm³/mol. The third-order valence-electron chi connectivity index (χ3n) is 8.73. The minimum absolute atomic E-state index is 0.0373. The molecule has 0 heterocycles. The zero-order valence-corrected chi connectivity index (χ0v) is 22.9. The maximum absolute atomic E-state index is 14.3. The molecule has 7 nitrogen and oxygen atoms in total. The van der Waals surface area contributed by atoms with Crippen LogP contribution in [-0.4, -0.2) is 43.4 Å². The van der Waals surface area contributed by atoms with Crippen LogP contribution in [0.15, 0.2) is 29.0 Å². The quantitative estimate of drug-likeness (QED) is 0.259. The highest BCUT2D eigenvalue weighted by Gasteiger charge is 2.72. The molecule has 0 spiro atoms. The van der Waals surface area contributed by atoms with Gasteiger partial charge in [-0.2, -0.15) is 0 Å². The van der Waals surface area contributed by atoms with Gasteiger partial charge in [0.1, 0.15) is 22.8 Å². The van der Waals surface area contributed by atoms with Gasteiger partial charge in [-0.1, -0.05) is 39.5 Å². The Morgan fingerprint density at radius 2 is 1.82 bits per heavy atom. The van der Waals surface area contributed by atoms with Gasteiger partial charge in [0.15, 0.2) is 17.2 Å². The van der Waals surface area contributed by atoms with Gasteiger partial charge in [0.05, 0.1) is 5.56 Å². The summed E-state index contributed by atoms with van der Waals surface area (Å²) in [5, 5.41) is 45.5. The van der Waals surface area contributed by atoms with E-state index in [4.69, 9.17) is 6.42 Å². The van der Waals surface area contributed by atoms with E-state index >= 15 is 0 Å². The maximum atomic E-state index is 14.3. The van der Waals surface area contributed by atoms with E-state index in [0.717, 1.165) is 13.3 Å². The number of aliphatic hydroxyl groups is 3. The average Bonchev–Trinajstić information content (AvgIpc) is 2.82. The molecule has 1 fully saturated rings. The van der Waals surface area contributed by atoms with Gasteiger partial charge < -0.3 is 20.4 Å². The summed E-state index contributed by atoms with van der Waals surface area (Å²) >= 11 is 0. The van der Waals surface area contributed by atoms with Crippen LogP contribution < -0.4 is 0 Å². The standard InChI is InChI=1S/C32H34O7/c1-7-8-9-10-11-12-19-13-14-21(34)23-20(19)15-30(5)16-31(6)24(17(2)3)26(35)22(18(4)33)28(37)32(31,39)29(38)25(30)27(23)36/h1,13-14,17,24,34,36-37,39H,8-10,15-16H2,2-6H3/t24?,30-,31-,32+/m1/s1. The van der Waals surface area contributed by atoms with E-state index in [-0.39, 0.29) is 35.6 Å². The number of hydrogen-bond donors (Lipinski definition) is 4. The molecule has 0 aliphatic heterocycles. The summed E-state index contributed by atoms with van der Waals surface area (Å²) in [5.41, 5.74) is -4.77. The molecule has 3 aliphatic rings. The molecule has 204 valence electrons. The van der Waals surface area contributed by atoms with Crippen molar-refractivity contribution in [3.63, 3.8) is 0 Å². The van der Waals surface area contributed by atoms with Crippen LogP contribution in [0.4, 0.5) is 0 Å². The molecule has 0 radical (unpaired) electrons. The number of carbonyl (C=O) groups excluding carboxylic acids is 3. The number of hydrogen-bond acceptors (Lipinski definition) is 7. The minimum Gasteiger partial charge on any atom is -0.508 e. The van der Waals surface area contributed by atoms with Gasteiger partial charge in [0, 0.05) is 40.7 Å². The number of aromatic hydroxyl groups is 1. The number of aliphatic hydroxyl groups excluding tert-OH is 2. The number of carbonyl (C=O) groups is 3. The fourth-order valence-electron chi connectivity index (χ4n) is 7.27. The first-order valence-electron chi connectivity index (χ1n) is 13.1. The normalized spacial score (nSPS) is 29.7. The molecular weight excluding hydrogens is 496 g/mol. The van der Waals surface area contributed by atoms with Crippen LogP contribution in [0.3, 0.4) is 0 Å². The number of allylic oxidation sites excluding steroid dienone is 1. The van der Waals surface area contributed by atoms with E-state index in [1.54, 1.807) is 33.8 Å². The Labute approximate surface area is 228 Å². The van der Waals surface area contributed by atoms with Crippen molar-refractivity contribution in [2.24, 2.45) is 22.7 Å². The topological polar surface area (TPSA) is 132 Å². The van der Waals surface area contributed by atoms with Gasteiger partial charge in [0.2, 0.25) is 5.78 Å². The van der Waals surface area contributed by atoms with Gasteiger partial charge in [-0.05, 0) is 49.8 Å². The van der Waals surface area contributed by atoms with Crippen molar-refractivity contribution >= 4 is 23.1 Å². The Balaban J connectivity index is 1.98. The number of phenols is 1. The Morgan fingerprint density at radius 1 is 1.15 bits per heavy atom. The molecule has 0 aromatic heterocycles. The van der Waals surface area contributed by atoms with Gasteiger partial charge >= 0.3 is 0 Å². The zero-order valence-electron chi connectivity index (χ0n) is 22.9. The monoisotopic (exact) mass is 530 g/mol. The van der Waals surface area contributed by atoms with E-state index in [9.17, 15) is 34.8 Å². The molecule has 4 N–H and O–H groups in total. The van der Waals surface area contributed by atoms with Crippen LogP contribution in [-0.2, 0) is 20.8 Å². The summed E-state index contributed by atoms with van der Waals surface area (Å²) in [5.74, 6) is 3.31. The lowest BCUT2D eigenvalue weighted by Crippen LogP contribution is -2.69. The summed E-state index contributed by atoms with van der Waals surface area (Å²) in [7, 11) is 0. The van der Waals surface area contributed by atoms with Gasteiger partial charge in [-0.25, -0.2) is 0 Å². The highest BCUT2D eigenvalue weighted by molar-refractivity contribution is 6.24. The average molecular weight is 531 g/mol. The van der Waals surface area contributed by atoms with Gasteiger partial charge in [-0.3, -0.25) is 14.4 Å². The third-order valence-corrected chi connectivity index (χ3v) is 8.73. The van der Waals surface area contributed by atoms with Crippen molar-refractivity contribution in [1.29, 1.82) is 0 Å². The highest BCUT2D eigenvalue weighted by atomic mass is 16.3. The van der Waals surface area contributed by atoms with Crippen molar-refractivity contribution in [1.82, 2.24) is 0 Å². The van der Waals surface area contributed by atoms with E-state index in [2.05, 4.69) is 17.8 Å². The summed E-state index contributed by atoms with van der Waals surface area (Å²) in [6.07, 6.45) is 7.42. The molecule has 1 aromatic rings. The second-order valence-corrected chi connectivity index (χ2v) is 11.8. The molecule has 4 rings (SSSR count). The fourth-order valence-corrected chi connectivity index (χ4v) is 7.27. The first kappa shape index (κ1) is 28.2. The van der Waals surface area contributed by atoms with E-state index < -0.39 is 56.8 Å². The van der Waals surface area contributed by atoms with Crippen LogP contribution in [0.1, 0.15) is 77.0 Å². The largest absolute Gasteiger partial charge is 0.508 e.